The number of benzene rings is 1. The Morgan fingerprint density at radius 2 is 2.00 bits per heavy atom. The Morgan fingerprint density at radius 1 is 1.21 bits per heavy atom. The molecule has 0 spiro atoms. The van der Waals surface area contributed by atoms with Crippen molar-refractivity contribution in [3.8, 4) is 5.75 Å². The van der Waals surface area contributed by atoms with Gasteiger partial charge in [-0.1, -0.05) is 6.92 Å². The van der Waals surface area contributed by atoms with Crippen molar-refractivity contribution in [2.24, 2.45) is 16.6 Å². The molecular formula is C28H30F3N5O2. The van der Waals surface area contributed by atoms with Gasteiger partial charge in [-0.25, -0.2) is 18.2 Å². The number of halogens is 3. The van der Waals surface area contributed by atoms with Crippen LogP contribution in [-0.4, -0.2) is 58.5 Å². The van der Waals surface area contributed by atoms with E-state index in [0.29, 0.717) is 41.7 Å². The number of aliphatic imine (C=N–C) groups is 1. The molecule has 0 bridgehead atoms. The standard InChI is InChI=1S/C28H30F3N5O2/c1-14-24-21(7-17(9-23(24)38-2)28(37)35-12-18(29)10-19(32)13-35)33-25(14)22-8-16-5-6-20(26(30)31)34-27(16)36(22)11-15-3-4-15/h5-9,14-15,18-19,26H,3-4,10-13,32H2,1-2H3/t14?,18-,19-/m1/s1. The highest BCUT2D eigenvalue weighted by molar-refractivity contribution is 6.12. The summed E-state index contributed by atoms with van der Waals surface area (Å²) in [7, 11) is 1.54. The summed E-state index contributed by atoms with van der Waals surface area (Å²) in [6.45, 7) is 2.99. The van der Waals surface area contributed by atoms with Gasteiger partial charge in [0, 0.05) is 41.6 Å². The number of aromatic nitrogens is 2. The number of hydrogen-bond donors (Lipinski definition) is 1. The predicted molar refractivity (Wildman–Crippen MR) is 138 cm³/mol. The molecule has 7 nitrogen and oxygen atoms in total. The lowest BCUT2D eigenvalue weighted by atomic mass is 9.93. The fourth-order valence-corrected chi connectivity index (χ4v) is 5.72. The molecule has 1 amide bonds. The van der Waals surface area contributed by atoms with E-state index in [0.717, 1.165) is 35.2 Å². The van der Waals surface area contributed by atoms with E-state index in [1.807, 2.05) is 17.6 Å². The monoisotopic (exact) mass is 525 g/mol. The van der Waals surface area contributed by atoms with Crippen molar-refractivity contribution in [2.75, 3.05) is 20.2 Å². The lowest BCUT2D eigenvalue weighted by Crippen LogP contribution is -2.50. The number of pyridine rings is 1. The molecule has 2 aromatic heterocycles. The highest BCUT2D eigenvalue weighted by atomic mass is 19.3. The number of nitrogens with two attached hydrogens (primary N) is 1. The third-order valence-electron chi connectivity index (χ3n) is 7.78. The van der Waals surface area contributed by atoms with Crippen molar-refractivity contribution in [1.82, 2.24) is 14.5 Å². The molecule has 1 aromatic carbocycles. The van der Waals surface area contributed by atoms with Crippen LogP contribution in [-0.2, 0) is 6.54 Å². The maximum atomic E-state index is 14.1. The number of carbonyl (C=O) groups excluding carboxylic acids is 1. The van der Waals surface area contributed by atoms with Crippen LogP contribution >= 0.6 is 0 Å². The summed E-state index contributed by atoms with van der Waals surface area (Å²) < 4.78 is 48.7. The van der Waals surface area contributed by atoms with Crippen molar-refractivity contribution >= 4 is 28.3 Å². The van der Waals surface area contributed by atoms with Crippen LogP contribution in [0.1, 0.15) is 65.8 Å². The Morgan fingerprint density at radius 3 is 2.68 bits per heavy atom. The highest BCUT2D eigenvalue weighted by Crippen LogP contribution is 2.45. The third-order valence-corrected chi connectivity index (χ3v) is 7.78. The first kappa shape index (κ1) is 24.9. The van der Waals surface area contributed by atoms with Gasteiger partial charge in [0.05, 0.1) is 30.7 Å². The van der Waals surface area contributed by atoms with Crippen molar-refractivity contribution < 1.29 is 22.7 Å². The average Bonchev–Trinajstić information content (AvgIpc) is 3.56. The molecule has 10 heteroatoms. The number of carbonyl (C=O) groups is 1. The van der Waals surface area contributed by atoms with Crippen LogP contribution in [0.2, 0.25) is 0 Å². The van der Waals surface area contributed by atoms with Gasteiger partial charge in [-0.2, -0.15) is 0 Å². The van der Waals surface area contributed by atoms with Gasteiger partial charge >= 0.3 is 0 Å². The summed E-state index contributed by atoms with van der Waals surface area (Å²) in [4.78, 5) is 24.0. The van der Waals surface area contributed by atoms with Gasteiger partial charge in [-0.05, 0) is 55.5 Å². The van der Waals surface area contributed by atoms with Crippen LogP contribution in [0, 0.1) is 5.92 Å². The fraction of sp³-hybridized carbons (Fsp3) is 0.464. The maximum Gasteiger partial charge on any atom is 0.280 e. The number of alkyl halides is 3. The normalized spacial score (nSPS) is 23.2. The summed E-state index contributed by atoms with van der Waals surface area (Å²) in [5.74, 6) is 0.527. The van der Waals surface area contributed by atoms with E-state index in [-0.39, 0.29) is 30.5 Å². The van der Waals surface area contributed by atoms with Crippen LogP contribution in [0.5, 0.6) is 5.75 Å². The zero-order valence-corrected chi connectivity index (χ0v) is 21.3. The summed E-state index contributed by atoms with van der Waals surface area (Å²) >= 11 is 0. The average molecular weight is 526 g/mol. The first-order chi connectivity index (χ1) is 18.2. The van der Waals surface area contributed by atoms with Crippen LogP contribution < -0.4 is 10.5 Å². The Bertz CT molecular complexity index is 1440. The number of fused-ring (bicyclic) bond motifs is 2. The molecule has 3 atom stereocenters. The lowest BCUT2D eigenvalue weighted by molar-refractivity contribution is 0.0606. The molecule has 6 rings (SSSR count). The first-order valence-corrected chi connectivity index (χ1v) is 13.0. The SMILES string of the molecule is COc1cc(C(=O)N2C[C@H](N)C[C@@H](F)C2)cc2c1C(C)C(c1cc3ccc(C(F)F)nc3n1CC1CC1)=N2. The number of nitrogens with zero attached hydrogens (tertiary/aromatic N) is 4. The Labute approximate surface area is 218 Å². The number of likely N-dealkylation sites (tertiary alicyclic amines) is 1. The van der Waals surface area contributed by atoms with Gasteiger partial charge in [0.15, 0.2) is 0 Å². The minimum Gasteiger partial charge on any atom is -0.496 e. The Hall–Kier alpha value is -3.40. The van der Waals surface area contributed by atoms with Crippen molar-refractivity contribution in [1.29, 1.82) is 0 Å². The molecule has 1 unspecified atom stereocenters. The second-order valence-electron chi connectivity index (χ2n) is 10.7. The molecule has 4 heterocycles. The summed E-state index contributed by atoms with van der Waals surface area (Å²) in [5, 5.41) is 0.779. The lowest BCUT2D eigenvalue weighted by Gasteiger charge is -2.33. The number of methoxy groups -OCH3 is 1. The smallest absolute Gasteiger partial charge is 0.280 e. The molecule has 1 aliphatic carbocycles. The molecule has 2 fully saturated rings. The number of amides is 1. The molecular weight excluding hydrogens is 495 g/mol. The topological polar surface area (TPSA) is 85.7 Å². The van der Waals surface area contributed by atoms with Gasteiger partial charge in [0.2, 0.25) is 0 Å². The number of rotatable bonds is 6. The Kier molecular flexibility index (Phi) is 6.17. The van der Waals surface area contributed by atoms with E-state index in [1.54, 1.807) is 25.3 Å². The molecule has 2 aliphatic heterocycles. The number of piperidine rings is 1. The van der Waals surface area contributed by atoms with Crippen molar-refractivity contribution in [2.45, 2.75) is 57.3 Å². The van der Waals surface area contributed by atoms with Crippen molar-refractivity contribution in [3.63, 3.8) is 0 Å². The largest absolute Gasteiger partial charge is 0.496 e. The predicted octanol–water partition coefficient (Wildman–Crippen LogP) is 5.14. The van der Waals surface area contributed by atoms with Gasteiger partial charge in [0.25, 0.3) is 12.3 Å². The number of ether oxygens (including phenoxy) is 1. The minimum atomic E-state index is -2.65. The van der Waals surface area contributed by atoms with Gasteiger partial charge in [0.1, 0.15) is 23.3 Å². The maximum absolute atomic E-state index is 14.1. The molecule has 38 heavy (non-hydrogen) atoms. The second kappa shape index (κ2) is 9.41. The molecule has 200 valence electrons. The zero-order chi connectivity index (χ0) is 26.7. The molecule has 3 aliphatic rings. The van der Waals surface area contributed by atoms with Gasteiger partial charge in [-0.15, -0.1) is 0 Å². The molecule has 0 radical (unpaired) electrons. The van der Waals surface area contributed by atoms with E-state index < -0.39 is 18.6 Å². The van der Waals surface area contributed by atoms with Crippen LogP contribution in [0.3, 0.4) is 0 Å². The summed E-state index contributed by atoms with van der Waals surface area (Å²) in [5.41, 5.74) is 9.65. The molecule has 3 aromatic rings. The van der Waals surface area contributed by atoms with E-state index >= 15 is 0 Å². The third kappa shape index (κ3) is 4.34. The minimum absolute atomic E-state index is 0.00569. The fourth-order valence-electron chi connectivity index (χ4n) is 5.72. The van der Waals surface area contributed by atoms with E-state index in [4.69, 9.17) is 15.5 Å². The molecule has 2 N–H and O–H groups in total. The zero-order valence-electron chi connectivity index (χ0n) is 21.3. The van der Waals surface area contributed by atoms with Crippen LogP contribution in [0.4, 0.5) is 18.9 Å². The van der Waals surface area contributed by atoms with Gasteiger partial charge in [-0.3, -0.25) is 9.79 Å². The van der Waals surface area contributed by atoms with Crippen molar-refractivity contribution in [3.05, 3.63) is 52.8 Å². The summed E-state index contributed by atoms with van der Waals surface area (Å²) in [6, 6.07) is 8.00. The Balaban J connectivity index is 1.42. The van der Waals surface area contributed by atoms with Gasteiger partial charge < -0.3 is 19.9 Å². The second-order valence-corrected chi connectivity index (χ2v) is 10.7. The number of hydrogen-bond acceptors (Lipinski definition) is 5. The van der Waals surface area contributed by atoms with Crippen LogP contribution in [0.15, 0.2) is 35.3 Å². The summed E-state index contributed by atoms with van der Waals surface area (Å²) in [6.07, 6.45) is -1.38. The van der Waals surface area contributed by atoms with E-state index in [1.165, 1.54) is 11.0 Å². The van der Waals surface area contributed by atoms with E-state index in [9.17, 15) is 18.0 Å². The molecule has 1 saturated carbocycles. The quantitative estimate of drug-likeness (QED) is 0.483. The highest BCUT2D eigenvalue weighted by Gasteiger charge is 2.35. The molecule has 1 saturated heterocycles. The van der Waals surface area contributed by atoms with E-state index in [2.05, 4.69) is 4.98 Å². The first-order valence-electron chi connectivity index (χ1n) is 13.0. The van der Waals surface area contributed by atoms with Crippen LogP contribution in [0.25, 0.3) is 11.0 Å².